The van der Waals surface area contributed by atoms with Gasteiger partial charge in [0.25, 0.3) is 0 Å². The summed E-state index contributed by atoms with van der Waals surface area (Å²) in [6, 6.07) is 10.3. The van der Waals surface area contributed by atoms with E-state index in [0.717, 1.165) is 54.4 Å². The van der Waals surface area contributed by atoms with Gasteiger partial charge < -0.3 is 15.7 Å². The molecule has 0 unspecified atom stereocenters. The Balaban J connectivity index is 0.00000261. The summed E-state index contributed by atoms with van der Waals surface area (Å²) in [5, 5.41) is 21.4. The first-order chi connectivity index (χ1) is 12.5. The molecule has 0 bridgehead atoms. The molecule has 1 heterocycles. The average Bonchev–Trinajstić information content (AvgIpc) is 2.94. The highest BCUT2D eigenvalue weighted by atomic mass is 127. The number of hydrogen-bond acceptors (Lipinski definition) is 3. The zero-order valence-corrected chi connectivity index (χ0v) is 18.7. The van der Waals surface area contributed by atoms with E-state index in [1.54, 1.807) is 0 Å². The Hall–Kier alpha value is -1.61. The summed E-state index contributed by atoms with van der Waals surface area (Å²) >= 11 is 0. The molecule has 0 radical (unpaired) electrons. The van der Waals surface area contributed by atoms with Gasteiger partial charge in [0.2, 0.25) is 0 Å². The smallest absolute Gasteiger partial charge is 0.191 e. The van der Waals surface area contributed by atoms with Crippen LogP contribution in [0.4, 0.5) is 0 Å². The van der Waals surface area contributed by atoms with Crippen LogP contribution in [-0.4, -0.2) is 39.5 Å². The van der Waals surface area contributed by atoms with E-state index in [2.05, 4.69) is 40.9 Å². The topological polar surface area (TPSA) is 74.5 Å². The third-order valence-electron chi connectivity index (χ3n) is 4.85. The molecule has 7 heteroatoms. The molecule has 1 saturated carbocycles. The summed E-state index contributed by atoms with van der Waals surface area (Å²) in [4.78, 5) is 4.71. The van der Waals surface area contributed by atoms with Crippen LogP contribution in [0.3, 0.4) is 0 Å². The van der Waals surface area contributed by atoms with E-state index in [1.807, 2.05) is 30.7 Å². The molecule has 0 spiro atoms. The lowest BCUT2D eigenvalue weighted by Gasteiger charge is -2.37. The van der Waals surface area contributed by atoms with E-state index in [-0.39, 0.29) is 24.0 Å². The fourth-order valence-electron chi connectivity index (χ4n) is 3.24. The Bertz CT molecular complexity index is 782. The van der Waals surface area contributed by atoms with Gasteiger partial charge in [0.05, 0.1) is 23.5 Å². The fraction of sp³-hybridized carbons (Fsp3) is 0.500. The monoisotopic (exact) mass is 483 g/mol. The first kappa shape index (κ1) is 21.7. The second-order valence-corrected chi connectivity index (χ2v) is 7.09. The highest BCUT2D eigenvalue weighted by molar-refractivity contribution is 14.0. The zero-order valence-electron chi connectivity index (χ0n) is 16.3. The average molecular weight is 483 g/mol. The van der Waals surface area contributed by atoms with Crippen LogP contribution < -0.4 is 10.6 Å². The molecule has 1 fully saturated rings. The summed E-state index contributed by atoms with van der Waals surface area (Å²) < 4.78 is 1.97. The van der Waals surface area contributed by atoms with Gasteiger partial charge in [0, 0.05) is 18.8 Å². The molecule has 1 aromatic carbocycles. The molecule has 1 aliphatic carbocycles. The Morgan fingerprint density at radius 1 is 1.26 bits per heavy atom. The molecule has 27 heavy (non-hydrogen) atoms. The fourth-order valence-corrected chi connectivity index (χ4v) is 3.24. The van der Waals surface area contributed by atoms with Gasteiger partial charge in [-0.1, -0.05) is 18.2 Å². The van der Waals surface area contributed by atoms with Gasteiger partial charge in [0.1, 0.15) is 0 Å². The van der Waals surface area contributed by atoms with Crippen LogP contribution in [0, 0.1) is 13.8 Å². The number of guanidine groups is 1. The summed E-state index contributed by atoms with van der Waals surface area (Å²) in [6.45, 7) is 7.97. The molecular weight excluding hydrogens is 453 g/mol. The molecular formula is C20H30IN5O. The molecule has 1 aliphatic rings. The number of nitrogens with one attached hydrogen (secondary N) is 2. The Labute approximate surface area is 178 Å². The second kappa shape index (κ2) is 9.54. The van der Waals surface area contributed by atoms with Crippen LogP contribution in [-0.2, 0) is 6.54 Å². The molecule has 3 N–H and O–H groups in total. The number of nitrogens with zero attached hydrogens (tertiary/aromatic N) is 3. The van der Waals surface area contributed by atoms with Crippen molar-refractivity contribution < 1.29 is 5.11 Å². The number of rotatable bonds is 6. The van der Waals surface area contributed by atoms with Gasteiger partial charge in [-0.05, 0) is 57.7 Å². The van der Waals surface area contributed by atoms with Gasteiger partial charge in [-0.15, -0.1) is 24.0 Å². The van der Waals surface area contributed by atoms with Crippen molar-refractivity contribution in [1.82, 2.24) is 20.4 Å². The lowest BCUT2D eigenvalue weighted by molar-refractivity contribution is -0.0279. The van der Waals surface area contributed by atoms with E-state index < -0.39 is 5.60 Å². The third kappa shape index (κ3) is 5.44. The van der Waals surface area contributed by atoms with Gasteiger partial charge in [-0.3, -0.25) is 0 Å². The molecule has 1 aromatic heterocycles. The predicted octanol–water partition coefficient (Wildman–Crippen LogP) is 3.08. The van der Waals surface area contributed by atoms with Crippen molar-refractivity contribution in [3.8, 4) is 5.69 Å². The second-order valence-electron chi connectivity index (χ2n) is 7.09. The maximum Gasteiger partial charge on any atom is 0.191 e. The predicted molar refractivity (Wildman–Crippen MR) is 120 cm³/mol. The van der Waals surface area contributed by atoms with E-state index in [4.69, 9.17) is 4.99 Å². The van der Waals surface area contributed by atoms with Crippen molar-refractivity contribution in [2.75, 3.05) is 13.1 Å². The van der Waals surface area contributed by atoms with Crippen molar-refractivity contribution >= 4 is 29.9 Å². The van der Waals surface area contributed by atoms with Crippen molar-refractivity contribution in [3.05, 3.63) is 47.3 Å². The number of aryl methyl sites for hydroxylation is 2. The SMILES string of the molecule is CCNC(=NCc1ccccc1-n1nc(C)cc1C)NCC1(O)CCC1.I. The lowest BCUT2D eigenvalue weighted by atomic mass is 9.80. The zero-order chi connectivity index (χ0) is 18.6. The van der Waals surface area contributed by atoms with Crippen LogP contribution in [0.2, 0.25) is 0 Å². The van der Waals surface area contributed by atoms with Crippen LogP contribution in [0.1, 0.15) is 43.1 Å². The van der Waals surface area contributed by atoms with E-state index in [0.29, 0.717) is 13.1 Å². The van der Waals surface area contributed by atoms with E-state index in [1.165, 1.54) is 0 Å². The van der Waals surface area contributed by atoms with Crippen molar-refractivity contribution in [1.29, 1.82) is 0 Å². The number of hydrogen-bond donors (Lipinski definition) is 3. The van der Waals surface area contributed by atoms with Crippen LogP contribution >= 0.6 is 24.0 Å². The summed E-state index contributed by atoms with van der Waals surface area (Å²) in [6.07, 6.45) is 2.82. The minimum Gasteiger partial charge on any atom is -0.388 e. The van der Waals surface area contributed by atoms with Crippen molar-refractivity contribution in [3.63, 3.8) is 0 Å². The standard InChI is InChI=1S/C20H29N5O.HI/c1-4-21-19(23-14-20(26)10-7-11-20)22-13-17-8-5-6-9-18(17)25-16(3)12-15(2)24-25;/h5-6,8-9,12,26H,4,7,10-11,13-14H2,1-3H3,(H2,21,22,23);1H. The van der Waals surface area contributed by atoms with Crippen molar-refractivity contribution in [2.24, 2.45) is 4.99 Å². The molecule has 2 aromatic rings. The number of benzene rings is 1. The Morgan fingerprint density at radius 3 is 2.59 bits per heavy atom. The van der Waals surface area contributed by atoms with Gasteiger partial charge in [-0.2, -0.15) is 5.10 Å². The molecule has 0 amide bonds. The molecule has 0 saturated heterocycles. The Kier molecular flexibility index (Phi) is 7.67. The highest BCUT2D eigenvalue weighted by Crippen LogP contribution is 2.30. The van der Waals surface area contributed by atoms with Crippen LogP contribution in [0.15, 0.2) is 35.3 Å². The van der Waals surface area contributed by atoms with Crippen LogP contribution in [0.5, 0.6) is 0 Å². The summed E-state index contributed by atoms with van der Waals surface area (Å²) in [5.41, 5.74) is 3.70. The molecule has 0 aliphatic heterocycles. The Morgan fingerprint density at radius 2 is 2.00 bits per heavy atom. The quantitative estimate of drug-likeness (QED) is 0.336. The van der Waals surface area contributed by atoms with Gasteiger partial charge in [-0.25, -0.2) is 9.67 Å². The molecule has 3 rings (SSSR count). The molecule has 6 nitrogen and oxygen atoms in total. The largest absolute Gasteiger partial charge is 0.388 e. The highest BCUT2D eigenvalue weighted by Gasteiger charge is 2.34. The molecule has 0 atom stereocenters. The summed E-state index contributed by atoms with van der Waals surface area (Å²) in [7, 11) is 0. The van der Waals surface area contributed by atoms with Crippen LogP contribution in [0.25, 0.3) is 5.69 Å². The normalized spacial score (nSPS) is 15.6. The first-order valence-corrected chi connectivity index (χ1v) is 9.37. The van der Waals surface area contributed by atoms with Gasteiger partial charge in [0.15, 0.2) is 5.96 Å². The molecule has 148 valence electrons. The first-order valence-electron chi connectivity index (χ1n) is 9.37. The van der Waals surface area contributed by atoms with Crippen molar-refractivity contribution in [2.45, 2.75) is 52.2 Å². The maximum absolute atomic E-state index is 10.3. The van der Waals surface area contributed by atoms with Gasteiger partial charge >= 0.3 is 0 Å². The number of para-hydroxylation sites is 1. The number of aliphatic hydroxyl groups is 1. The van der Waals surface area contributed by atoms with E-state index >= 15 is 0 Å². The number of aromatic nitrogens is 2. The minimum atomic E-state index is -0.572. The maximum atomic E-state index is 10.3. The lowest BCUT2D eigenvalue weighted by Crippen LogP contribution is -2.50. The number of aliphatic imine (C=N–C) groups is 1. The van der Waals surface area contributed by atoms with E-state index in [9.17, 15) is 5.11 Å². The minimum absolute atomic E-state index is 0. The third-order valence-corrected chi connectivity index (χ3v) is 4.85. The number of halogens is 1. The summed E-state index contributed by atoms with van der Waals surface area (Å²) in [5.74, 6) is 0.732.